The van der Waals surface area contributed by atoms with Crippen LogP contribution >= 0.6 is 15.9 Å². The number of nitrogens with zero attached hydrogens (tertiary/aromatic N) is 2. The summed E-state index contributed by atoms with van der Waals surface area (Å²) >= 11 is 3.38. The van der Waals surface area contributed by atoms with E-state index in [0.717, 1.165) is 10.0 Å². The molecule has 1 aromatic heterocycles. The number of nitrogens with one attached hydrogen (secondary N) is 1. The lowest BCUT2D eigenvalue weighted by Gasteiger charge is -1.96. The highest BCUT2D eigenvalue weighted by molar-refractivity contribution is 9.10. The third-order valence-corrected chi connectivity index (χ3v) is 2.29. The SMILES string of the molecule is N#Cc1cnc(-c2cccc(Br)c2)[nH]1. The summed E-state index contributed by atoms with van der Waals surface area (Å²) < 4.78 is 0.991. The van der Waals surface area contributed by atoms with Gasteiger partial charge >= 0.3 is 0 Å². The molecule has 0 bridgehead atoms. The molecule has 0 unspecified atom stereocenters. The van der Waals surface area contributed by atoms with Crippen molar-refractivity contribution in [3.63, 3.8) is 0 Å². The fraction of sp³-hybridized carbons (Fsp3) is 0. The van der Waals surface area contributed by atoms with Crippen molar-refractivity contribution in [2.45, 2.75) is 0 Å². The van der Waals surface area contributed by atoms with E-state index in [-0.39, 0.29) is 0 Å². The van der Waals surface area contributed by atoms with Crippen molar-refractivity contribution in [1.29, 1.82) is 5.26 Å². The number of aromatic amines is 1. The van der Waals surface area contributed by atoms with Gasteiger partial charge < -0.3 is 4.98 Å². The number of rotatable bonds is 1. The molecular formula is C10H6BrN3. The van der Waals surface area contributed by atoms with E-state index in [1.165, 1.54) is 6.20 Å². The minimum Gasteiger partial charge on any atom is -0.330 e. The first-order valence-corrected chi connectivity index (χ1v) is 4.80. The highest BCUT2D eigenvalue weighted by atomic mass is 79.9. The molecule has 2 rings (SSSR count). The smallest absolute Gasteiger partial charge is 0.138 e. The Bertz CT molecular complexity index is 496. The van der Waals surface area contributed by atoms with E-state index in [4.69, 9.17) is 5.26 Å². The topological polar surface area (TPSA) is 52.5 Å². The molecule has 14 heavy (non-hydrogen) atoms. The number of benzene rings is 1. The van der Waals surface area contributed by atoms with Gasteiger partial charge in [0.25, 0.3) is 0 Å². The molecule has 3 nitrogen and oxygen atoms in total. The minimum atomic E-state index is 0.472. The largest absolute Gasteiger partial charge is 0.330 e. The second-order valence-electron chi connectivity index (χ2n) is 2.77. The lowest BCUT2D eigenvalue weighted by Crippen LogP contribution is -1.80. The van der Waals surface area contributed by atoms with Gasteiger partial charge in [0.1, 0.15) is 17.6 Å². The van der Waals surface area contributed by atoms with Gasteiger partial charge in [-0.25, -0.2) is 4.98 Å². The molecule has 0 aliphatic carbocycles. The summed E-state index contributed by atoms with van der Waals surface area (Å²) in [5, 5.41) is 8.62. The number of hydrogen-bond acceptors (Lipinski definition) is 2. The predicted molar refractivity (Wildman–Crippen MR) is 56.4 cm³/mol. The third-order valence-electron chi connectivity index (χ3n) is 1.79. The van der Waals surface area contributed by atoms with Crippen LogP contribution in [0.5, 0.6) is 0 Å². The van der Waals surface area contributed by atoms with Crippen molar-refractivity contribution >= 4 is 15.9 Å². The van der Waals surface area contributed by atoms with Gasteiger partial charge in [-0.05, 0) is 12.1 Å². The Hall–Kier alpha value is -1.60. The molecule has 4 heteroatoms. The normalized spacial score (nSPS) is 9.71. The van der Waals surface area contributed by atoms with Crippen LogP contribution in [0.2, 0.25) is 0 Å². The zero-order valence-electron chi connectivity index (χ0n) is 7.16. The standard InChI is InChI=1S/C10H6BrN3/c11-8-3-1-2-7(4-8)10-13-6-9(5-12)14-10/h1-4,6H,(H,13,14). The molecule has 0 saturated heterocycles. The third kappa shape index (κ3) is 1.68. The van der Waals surface area contributed by atoms with Gasteiger partial charge in [-0.15, -0.1) is 0 Å². The van der Waals surface area contributed by atoms with E-state index in [1.54, 1.807) is 0 Å². The number of halogens is 1. The molecule has 0 radical (unpaired) electrons. The summed E-state index contributed by atoms with van der Waals surface area (Å²) in [5.74, 6) is 0.711. The number of nitriles is 1. The number of aromatic nitrogens is 2. The van der Waals surface area contributed by atoms with Gasteiger partial charge in [0.05, 0.1) is 6.20 Å². The summed E-state index contributed by atoms with van der Waals surface area (Å²) in [4.78, 5) is 7.01. The second kappa shape index (κ2) is 3.64. The van der Waals surface area contributed by atoms with Crippen LogP contribution in [0.3, 0.4) is 0 Å². The fourth-order valence-corrected chi connectivity index (χ4v) is 1.56. The Morgan fingerprint density at radius 1 is 1.43 bits per heavy atom. The maximum absolute atomic E-state index is 8.62. The average Bonchev–Trinajstić information content (AvgIpc) is 2.66. The number of hydrogen-bond donors (Lipinski definition) is 1. The van der Waals surface area contributed by atoms with Crippen molar-refractivity contribution in [3.8, 4) is 17.5 Å². The summed E-state index contributed by atoms with van der Waals surface area (Å²) in [7, 11) is 0. The highest BCUT2D eigenvalue weighted by Crippen LogP contribution is 2.19. The molecule has 0 atom stereocenters. The summed E-state index contributed by atoms with van der Waals surface area (Å²) in [6.45, 7) is 0. The number of imidazole rings is 1. The van der Waals surface area contributed by atoms with Crippen LogP contribution in [0.4, 0.5) is 0 Å². The quantitative estimate of drug-likeness (QED) is 0.843. The van der Waals surface area contributed by atoms with Crippen LogP contribution in [-0.4, -0.2) is 9.97 Å². The molecule has 1 heterocycles. The van der Waals surface area contributed by atoms with Crippen molar-refractivity contribution in [1.82, 2.24) is 9.97 Å². The second-order valence-corrected chi connectivity index (χ2v) is 3.68. The van der Waals surface area contributed by atoms with E-state index < -0.39 is 0 Å². The van der Waals surface area contributed by atoms with Crippen LogP contribution in [0.15, 0.2) is 34.9 Å². The van der Waals surface area contributed by atoms with Crippen molar-refractivity contribution in [3.05, 3.63) is 40.6 Å². The van der Waals surface area contributed by atoms with Gasteiger partial charge in [-0.3, -0.25) is 0 Å². The average molecular weight is 248 g/mol. The first kappa shape index (κ1) is 8.97. The first-order chi connectivity index (χ1) is 6.79. The van der Waals surface area contributed by atoms with Crippen molar-refractivity contribution in [2.75, 3.05) is 0 Å². The van der Waals surface area contributed by atoms with E-state index in [9.17, 15) is 0 Å². The van der Waals surface area contributed by atoms with Crippen LogP contribution in [0.25, 0.3) is 11.4 Å². The summed E-state index contributed by atoms with van der Waals surface area (Å²) in [5.41, 5.74) is 1.43. The minimum absolute atomic E-state index is 0.472. The Kier molecular flexibility index (Phi) is 2.33. The van der Waals surface area contributed by atoms with Crippen LogP contribution in [0.1, 0.15) is 5.69 Å². The van der Waals surface area contributed by atoms with Crippen LogP contribution in [0, 0.1) is 11.3 Å². The highest BCUT2D eigenvalue weighted by Gasteiger charge is 2.02. The summed E-state index contributed by atoms with van der Waals surface area (Å²) in [6.07, 6.45) is 1.52. The van der Waals surface area contributed by atoms with E-state index in [0.29, 0.717) is 11.5 Å². The molecule has 1 N–H and O–H groups in total. The maximum atomic E-state index is 8.62. The molecule has 0 spiro atoms. The molecule has 0 amide bonds. The molecule has 0 fully saturated rings. The molecule has 68 valence electrons. The van der Waals surface area contributed by atoms with E-state index in [1.807, 2.05) is 30.3 Å². The molecule has 0 aliphatic heterocycles. The van der Waals surface area contributed by atoms with Crippen molar-refractivity contribution in [2.24, 2.45) is 0 Å². The Morgan fingerprint density at radius 3 is 2.93 bits per heavy atom. The molecule has 1 aromatic carbocycles. The summed E-state index contributed by atoms with van der Waals surface area (Å²) in [6, 6.07) is 9.75. The van der Waals surface area contributed by atoms with Gasteiger partial charge in [0.2, 0.25) is 0 Å². The molecular weight excluding hydrogens is 242 g/mol. The Labute approximate surface area is 89.5 Å². The maximum Gasteiger partial charge on any atom is 0.138 e. The van der Waals surface area contributed by atoms with Crippen molar-refractivity contribution < 1.29 is 0 Å². The van der Waals surface area contributed by atoms with E-state index in [2.05, 4.69) is 25.9 Å². The lowest BCUT2D eigenvalue weighted by atomic mass is 10.2. The molecule has 2 aromatic rings. The fourth-order valence-electron chi connectivity index (χ4n) is 1.16. The van der Waals surface area contributed by atoms with Gasteiger partial charge in [-0.2, -0.15) is 5.26 Å². The Morgan fingerprint density at radius 2 is 2.29 bits per heavy atom. The van der Waals surface area contributed by atoms with Gasteiger partial charge in [0, 0.05) is 10.0 Å². The number of H-pyrrole nitrogens is 1. The Balaban J connectivity index is 2.45. The zero-order chi connectivity index (χ0) is 9.97. The van der Waals surface area contributed by atoms with Gasteiger partial charge in [0.15, 0.2) is 0 Å². The molecule has 0 aliphatic rings. The van der Waals surface area contributed by atoms with E-state index >= 15 is 0 Å². The van der Waals surface area contributed by atoms with Crippen LogP contribution < -0.4 is 0 Å². The first-order valence-electron chi connectivity index (χ1n) is 4.00. The predicted octanol–water partition coefficient (Wildman–Crippen LogP) is 2.71. The van der Waals surface area contributed by atoms with Gasteiger partial charge in [-0.1, -0.05) is 28.1 Å². The zero-order valence-corrected chi connectivity index (χ0v) is 8.75. The lowest BCUT2D eigenvalue weighted by molar-refractivity contribution is 1.29. The molecule has 0 saturated carbocycles. The van der Waals surface area contributed by atoms with Crippen LogP contribution in [-0.2, 0) is 0 Å². The monoisotopic (exact) mass is 247 g/mol.